The number of amides is 4. The number of aromatic amines is 1. The summed E-state index contributed by atoms with van der Waals surface area (Å²) in [6.07, 6.45) is 2.25. The lowest BCUT2D eigenvalue weighted by Crippen LogP contribution is -2.58. The van der Waals surface area contributed by atoms with E-state index >= 15 is 0 Å². The highest BCUT2D eigenvalue weighted by Gasteiger charge is 2.31. The Labute approximate surface area is 240 Å². The minimum absolute atomic E-state index is 0.0175. The number of imidazole rings is 1. The van der Waals surface area contributed by atoms with Crippen molar-refractivity contribution in [1.29, 1.82) is 0 Å². The number of primary amides is 1. The number of hydrogen-bond donors (Lipinski definition) is 8. The predicted octanol–water partition coefficient (Wildman–Crippen LogP) is -1.12. The van der Waals surface area contributed by atoms with E-state index in [1.807, 2.05) is 0 Å². The standard InChI is InChI=1S/C28H33N7O7/c29-20(12-18-14-31-15-32-18)25(38)33-22(13-24(30)37)27(40)34-21(10-17-6-8-19(36)9-7-17)26(39)35-23(28(41)42)11-16-4-2-1-3-5-16/h1-9,14-15,20-23,36H,10-13,29H2,(H2,30,37)(H,31,32)(H,33,38)(H,34,40)(H,35,39)(H,41,42). The number of benzene rings is 2. The van der Waals surface area contributed by atoms with E-state index in [9.17, 15) is 34.2 Å². The van der Waals surface area contributed by atoms with E-state index in [-0.39, 0.29) is 25.0 Å². The Hall–Kier alpha value is -5.24. The number of nitrogens with two attached hydrogens (primary N) is 2. The number of carbonyl (C=O) groups excluding carboxylic acids is 4. The van der Waals surface area contributed by atoms with Crippen molar-refractivity contribution in [2.75, 3.05) is 0 Å². The number of carbonyl (C=O) groups is 5. The number of aromatic hydroxyl groups is 1. The SMILES string of the molecule is NC(=O)CC(NC(=O)C(N)Cc1cnc[nH]1)C(=O)NC(Cc1ccc(O)cc1)C(=O)NC(Cc1ccccc1)C(=O)O. The zero-order valence-corrected chi connectivity index (χ0v) is 22.5. The molecule has 3 rings (SSSR count). The van der Waals surface area contributed by atoms with Gasteiger partial charge in [0, 0.05) is 31.2 Å². The number of carboxylic acid groups (broad SMARTS) is 1. The largest absolute Gasteiger partial charge is 0.508 e. The lowest BCUT2D eigenvalue weighted by Gasteiger charge is -2.25. The molecular formula is C28H33N7O7. The molecule has 0 aliphatic carbocycles. The summed E-state index contributed by atoms with van der Waals surface area (Å²) in [4.78, 5) is 69.7. The number of aliphatic carboxylic acids is 1. The third-order valence-electron chi connectivity index (χ3n) is 6.28. The van der Waals surface area contributed by atoms with Gasteiger partial charge in [-0.15, -0.1) is 0 Å². The third kappa shape index (κ3) is 9.75. The molecular weight excluding hydrogens is 546 g/mol. The maximum atomic E-state index is 13.4. The molecule has 0 fully saturated rings. The van der Waals surface area contributed by atoms with Crippen molar-refractivity contribution in [3.63, 3.8) is 0 Å². The molecule has 1 heterocycles. The predicted molar refractivity (Wildman–Crippen MR) is 149 cm³/mol. The smallest absolute Gasteiger partial charge is 0.326 e. The van der Waals surface area contributed by atoms with Gasteiger partial charge in [0.2, 0.25) is 23.6 Å². The van der Waals surface area contributed by atoms with Crippen LogP contribution in [0.2, 0.25) is 0 Å². The number of nitrogens with zero attached hydrogens (tertiary/aromatic N) is 1. The van der Waals surface area contributed by atoms with E-state index in [1.54, 1.807) is 30.3 Å². The first-order valence-corrected chi connectivity index (χ1v) is 13.0. The van der Waals surface area contributed by atoms with Gasteiger partial charge in [-0.1, -0.05) is 42.5 Å². The highest BCUT2D eigenvalue weighted by molar-refractivity contribution is 5.96. The fraction of sp³-hybridized carbons (Fsp3) is 0.286. The van der Waals surface area contributed by atoms with Crippen molar-refractivity contribution in [2.24, 2.45) is 11.5 Å². The molecule has 4 unspecified atom stereocenters. The molecule has 222 valence electrons. The van der Waals surface area contributed by atoms with Crippen LogP contribution in [0, 0.1) is 0 Å². The molecule has 0 aliphatic rings. The number of hydrogen-bond acceptors (Lipinski definition) is 8. The second-order valence-electron chi connectivity index (χ2n) is 9.64. The summed E-state index contributed by atoms with van der Waals surface area (Å²) in [5.41, 5.74) is 13.0. The van der Waals surface area contributed by atoms with Crippen LogP contribution >= 0.6 is 0 Å². The van der Waals surface area contributed by atoms with E-state index in [4.69, 9.17) is 11.5 Å². The topological polar surface area (TPSA) is 243 Å². The van der Waals surface area contributed by atoms with E-state index in [1.165, 1.54) is 36.8 Å². The molecule has 0 aliphatic heterocycles. The summed E-state index contributed by atoms with van der Waals surface area (Å²) in [5.74, 6) is -4.68. The number of nitrogens with one attached hydrogen (secondary N) is 4. The molecule has 0 saturated carbocycles. The highest BCUT2D eigenvalue weighted by atomic mass is 16.4. The molecule has 1 aromatic heterocycles. The molecule has 3 aromatic rings. The monoisotopic (exact) mass is 579 g/mol. The first-order chi connectivity index (χ1) is 20.0. The van der Waals surface area contributed by atoms with Gasteiger partial charge in [-0.3, -0.25) is 19.2 Å². The zero-order chi connectivity index (χ0) is 30.6. The van der Waals surface area contributed by atoms with Crippen molar-refractivity contribution in [2.45, 2.75) is 49.9 Å². The number of carboxylic acids is 1. The van der Waals surface area contributed by atoms with Crippen LogP contribution in [0.15, 0.2) is 67.1 Å². The zero-order valence-electron chi connectivity index (χ0n) is 22.5. The van der Waals surface area contributed by atoms with Crippen molar-refractivity contribution >= 4 is 29.6 Å². The van der Waals surface area contributed by atoms with E-state index in [0.29, 0.717) is 16.8 Å². The van der Waals surface area contributed by atoms with Crippen LogP contribution in [0.4, 0.5) is 0 Å². The van der Waals surface area contributed by atoms with Gasteiger partial charge >= 0.3 is 5.97 Å². The van der Waals surface area contributed by atoms with Crippen LogP contribution in [0.25, 0.3) is 0 Å². The summed E-state index contributed by atoms with van der Waals surface area (Å²) in [5, 5.41) is 26.7. The summed E-state index contributed by atoms with van der Waals surface area (Å²) >= 11 is 0. The lowest BCUT2D eigenvalue weighted by atomic mass is 10.0. The molecule has 2 aromatic carbocycles. The second-order valence-corrected chi connectivity index (χ2v) is 9.64. The Morgan fingerprint density at radius 3 is 1.95 bits per heavy atom. The van der Waals surface area contributed by atoms with Gasteiger partial charge in [-0.25, -0.2) is 9.78 Å². The number of H-pyrrole nitrogens is 1. The van der Waals surface area contributed by atoms with Gasteiger partial charge in [0.1, 0.15) is 23.9 Å². The molecule has 0 bridgehead atoms. The second kappa shape index (κ2) is 14.9. The third-order valence-corrected chi connectivity index (χ3v) is 6.28. The van der Waals surface area contributed by atoms with Gasteiger partial charge < -0.3 is 42.6 Å². The summed E-state index contributed by atoms with van der Waals surface area (Å²) in [7, 11) is 0. The summed E-state index contributed by atoms with van der Waals surface area (Å²) < 4.78 is 0. The van der Waals surface area contributed by atoms with E-state index in [2.05, 4.69) is 25.9 Å². The number of phenolic OH excluding ortho intramolecular Hbond substituents is 1. The average Bonchev–Trinajstić information content (AvgIpc) is 3.46. The fourth-order valence-corrected chi connectivity index (χ4v) is 4.09. The van der Waals surface area contributed by atoms with Crippen LogP contribution in [0.3, 0.4) is 0 Å². The Kier molecular flexibility index (Phi) is 11.1. The van der Waals surface area contributed by atoms with Gasteiger partial charge in [0.05, 0.1) is 18.8 Å². The van der Waals surface area contributed by atoms with Gasteiger partial charge in [-0.05, 0) is 23.3 Å². The Balaban J connectivity index is 1.78. The normalized spacial score (nSPS) is 13.6. The van der Waals surface area contributed by atoms with E-state index in [0.717, 1.165) is 0 Å². The van der Waals surface area contributed by atoms with Crippen LogP contribution in [-0.2, 0) is 43.2 Å². The number of rotatable bonds is 15. The number of phenols is 1. The Morgan fingerprint density at radius 1 is 0.786 bits per heavy atom. The molecule has 4 amide bonds. The lowest BCUT2D eigenvalue weighted by molar-refractivity contribution is -0.142. The molecule has 0 spiro atoms. The molecule has 42 heavy (non-hydrogen) atoms. The van der Waals surface area contributed by atoms with Gasteiger partial charge in [-0.2, -0.15) is 0 Å². The maximum absolute atomic E-state index is 13.4. The minimum atomic E-state index is -1.47. The van der Waals surface area contributed by atoms with Crippen molar-refractivity contribution < 1.29 is 34.2 Å². The van der Waals surface area contributed by atoms with Crippen molar-refractivity contribution in [3.8, 4) is 5.75 Å². The van der Waals surface area contributed by atoms with Crippen LogP contribution < -0.4 is 27.4 Å². The Morgan fingerprint density at radius 2 is 1.36 bits per heavy atom. The Bertz CT molecular complexity index is 1370. The first kappa shape index (κ1) is 31.3. The molecule has 0 radical (unpaired) electrons. The minimum Gasteiger partial charge on any atom is -0.508 e. The van der Waals surface area contributed by atoms with Crippen molar-refractivity contribution in [1.82, 2.24) is 25.9 Å². The fourth-order valence-electron chi connectivity index (χ4n) is 4.09. The summed E-state index contributed by atoms with van der Waals surface area (Å²) in [6.45, 7) is 0. The molecule has 14 heteroatoms. The maximum Gasteiger partial charge on any atom is 0.326 e. The van der Waals surface area contributed by atoms with Gasteiger partial charge in [0.15, 0.2) is 0 Å². The molecule has 4 atom stereocenters. The van der Waals surface area contributed by atoms with Gasteiger partial charge in [0.25, 0.3) is 0 Å². The number of aromatic nitrogens is 2. The van der Waals surface area contributed by atoms with Crippen molar-refractivity contribution in [3.05, 3.63) is 83.9 Å². The van der Waals surface area contributed by atoms with Crippen LogP contribution in [0.1, 0.15) is 23.2 Å². The van der Waals surface area contributed by atoms with E-state index < -0.39 is 60.2 Å². The summed E-state index contributed by atoms with van der Waals surface area (Å²) in [6, 6.07) is 9.27. The molecule has 0 saturated heterocycles. The first-order valence-electron chi connectivity index (χ1n) is 13.0. The van der Waals surface area contributed by atoms with Crippen LogP contribution in [0.5, 0.6) is 5.75 Å². The molecule has 10 N–H and O–H groups in total. The highest BCUT2D eigenvalue weighted by Crippen LogP contribution is 2.12. The van der Waals surface area contributed by atoms with Crippen LogP contribution in [-0.4, -0.2) is 73.9 Å². The quantitative estimate of drug-likeness (QED) is 0.109. The average molecular weight is 580 g/mol. The molecule has 14 nitrogen and oxygen atoms in total.